The highest BCUT2D eigenvalue weighted by atomic mass is 79.9. The van der Waals surface area contributed by atoms with Gasteiger partial charge >= 0.3 is 0 Å². The molecule has 1 aromatic rings. The second kappa shape index (κ2) is 6.17. The highest BCUT2D eigenvalue weighted by Crippen LogP contribution is 2.43. The third kappa shape index (κ3) is 3.63. The SMILES string of the molecule is COC1(C(N)Cc2ccc(Br)cc2)CCC(C)(C)CC1. The van der Waals surface area contributed by atoms with E-state index >= 15 is 0 Å². The molecule has 0 amide bonds. The van der Waals surface area contributed by atoms with E-state index in [0.29, 0.717) is 5.41 Å². The van der Waals surface area contributed by atoms with Crippen molar-refractivity contribution >= 4 is 15.9 Å². The summed E-state index contributed by atoms with van der Waals surface area (Å²) in [6.07, 6.45) is 5.38. The monoisotopic (exact) mass is 339 g/mol. The third-order valence-electron chi connectivity index (χ3n) is 4.90. The molecular weight excluding hydrogens is 314 g/mol. The summed E-state index contributed by atoms with van der Waals surface area (Å²) in [7, 11) is 1.82. The Morgan fingerprint density at radius 3 is 2.20 bits per heavy atom. The van der Waals surface area contributed by atoms with E-state index < -0.39 is 0 Å². The van der Waals surface area contributed by atoms with Crippen molar-refractivity contribution in [1.82, 2.24) is 0 Å². The van der Waals surface area contributed by atoms with Gasteiger partial charge in [-0.3, -0.25) is 0 Å². The Labute approximate surface area is 131 Å². The number of hydrogen-bond donors (Lipinski definition) is 1. The van der Waals surface area contributed by atoms with Crippen molar-refractivity contribution in [1.29, 1.82) is 0 Å². The van der Waals surface area contributed by atoms with Crippen LogP contribution in [0.3, 0.4) is 0 Å². The average molecular weight is 340 g/mol. The van der Waals surface area contributed by atoms with Crippen LogP contribution < -0.4 is 5.73 Å². The molecule has 1 unspecified atom stereocenters. The van der Waals surface area contributed by atoms with E-state index in [0.717, 1.165) is 23.7 Å². The number of hydrogen-bond acceptors (Lipinski definition) is 2. The van der Waals surface area contributed by atoms with Crippen LogP contribution in [0, 0.1) is 5.41 Å². The number of benzene rings is 1. The third-order valence-corrected chi connectivity index (χ3v) is 5.43. The first-order valence-corrected chi connectivity index (χ1v) is 8.21. The van der Waals surface area contributed by atoms with Crippen molar-refractivity contribution in [2.24, 2.45) is 11.1 Å². The van der Waals surface area contributed by atoms with Gasteiger partial charge in [0.05, 0.1) is 5.60 Å². The summed E-state index contributed by atoms with van der Waals surface area (Å²) in [6.45, 7) is 4.68. The zero-order chi connectivity index (χ0) is 14.8. The topological polar surface area (TPSA) is 35.2 Å². The molecule has 0 aromatic heterocycles. The first-order valence-electron chi connectivity index (χ1n) is 7.42. The molecule has 1 fully saturated rings. The predicted octanol–water partition coefficient (Wildman–Crippen LogP) is 4.30. The van der Waals surface area contributed by atoms with Crippen LogP contribution >= 0.6 is 15.9 Å². The van der Waals surface area contributed by atoms with Gasteiger partial charge in [-0.1, -0.05) is 41.9 Å². The van der Waals surface area contributed by atoms with Gasteiger partial charge in [-0.15, -0.1) is 0 Å². The van der Waals surface area contributed by atoms with E-state index in [4.69, 9.17) is 10.5 Å². The van der Waals surface area contributed by atoms with Gasteiger partial charge < -0.3 is 10.5 Å². The van der Waals surface area contributed by atoms with Gasteiger partial charge in [0.2, 0.25) is 0 Å². The normalized spacial score (nSPS) is 22.4. The molecule has 0 bridgehead atoms. The fourth-order valence-electron chi connectivity index (χ4n) is 3.14. The van der Waals surface area contributed by atoms with Gasteiger partial charge in [-0.2, -0.15) is 0 Å². The molecule has 0 heterocycles. The molecule has 0 aliphatic heterocycles. The molecule has 1 atom stereocenters. The van der Waals surface area contributed by atoms with Gasteiger partial charge in [-0.05, 0) is 55.2 Å². The molecule has 1 saturated carbocycles. The van der Waals surface area contributed by atoms with Crippen LogP contribution in [0.15, 0.2) is 28.7 Å². The molecule has 0 radical (unpaired) electrons. The molecule has 2 nitrogen and oxygen atoms in total. The maximum atomic E-state index is 6.52. The van der Waals surface area contributed by atoms with Crippen LogP contribution in [0.4, 0.5) is 0 Å². The van der Waals surface area contributed by atoms with Crippen molar-refractivity contribution in [3.63, 3.8) is 0 Å². The van der Waals surface area contributed by atoms with Gasteiger partial charge in [-0.25, -0.2) is 0 Å². The lowest BCUT2D eigenvalue weighted by Crippen LogP contribution is -2.53. The van der Waals surface area contributed by atoms with Crippen molar-refractivity contribution < 1.29 is 4.74 Å². The smallest absolute Gasteiger partial charge is 0.0832 e. The quantitative estimate of drug-likeness (QED) is 0.887. The van der Waals surface area contributed by atoms with Crippen LogP contribution in [-0.4, -0.2) is 18.8 Å². The minimum atomic E-state index is -0.150. The number of nitrogens with two attached hydrogens (primary N) is 1. The Bertz CT molecular complexity index is 431. The van der Waals surface area contributed by atoms with E-state index in [9.17, 15) is 0 Å². The van der Waals surface area contributed by atoms with Gasteiger partial charge in [0.25, 0.3) is 0 Å². The zero-order valence-corrected chi connectivity index (χ0v) is 14.4. The van der Waals surface area contributed by atoms with Crippen LogP contribution in [0.25, 0.3) is 0 Å². The number of methoxy groups -OCH3 is 1. The molecule has 1 aliphatic carbocycles. The summed E-state index contributed by atoms with van der Waals surface area (Å²) in [5, 5.41) is 0. The second-order valence-corrected chi connectivity index (χ2v) is 7.79. The van der Waals surface area contributed by atoms with E-state index in [-0.39, 0.29) is 11.6 Å². The lowest BCUT2D eigenvalue weighted by molar-refractivity contribution is -0.0781. The highest BCUT2D eigenvalue weighted by Gasteiger charge is 2.42. The lowest BCUT2D eigenvalue weighted by atomic mass is 9.68. The molecule has 20 heavy (non-hydrogen) atoms. The van der Waals surface area contributed by atoms with Crippen molar-refractivity contribution in [2.75, 3.05) is 7.11 Å². The maximum Gasteiger partial charge on any atom is 0.0832 e. The molecule has 0 spiro atoms. The molecule has 1 aliphatic rings. The molecule has 112 valence electrons. The standard InChI is InChI=1S/C17H26BrNO/c1-16(2)8-10-17(20-3,11-9-16)15(19)12-13-4-6-14(18)7-5-13/h4-7,15H,8-12,19H2,1-3H3. The summed E-state index contributed by atoms with van der Waals surface area (Å²) >= 11 is 3.47. The van der Waals surface area contributed by atoms with E-state index in [2.05, 4.69) is 54.0 Å². The van der Waals surface area contributed by atoms with E-state index in [1.54, 1.807) is 0 Å². The van der Waals surface area contributed by atoms with Gasteiger partial charge in [0, 0.05) is 17.6 Å². The second-order valence-electron chi connectivity index (χ2n) is 6.87. The van der Waals surface area contributed by atoms with Crippen LogP contribution in [0.2, 0.25) is 0 Å². The Morgan fingerprint density at radius 1 is 1.15 bits per heavy atom. The lowest BCUT2D eigenvalue weighted by Gasteiger charge is -2.46. The summed E-state index contributed by atoms with van der Waals surface area (Å²) in [5.74, 6) is 0. The van der Waals surface area contributed by atoms with Gasteiger partial charge in [0.15, 0.2) is 0 Å². The summed E-state index contributed by atoms with van der Waals surface area (Å²) < 4.78 is 7.00. The Morgan fingerprint density at radius 2 is 1.70 bits per heavy atom. The average Bonchev–Trinajstić information content (AvgIpc) is 2.42. The Kier molecular flexibility index (Phi) is 4.93. The summed E-state index contributed by atoms with van der Waals surface area (Å²) in [5.41, 5.74) is 8.08. The molecular formula is C17H26BrNO. The molecule has 0 saturated heterocycles. The van der Waals surface area contributed by atoms with Crippen molar-refractivity contribution in [2.45, 2.75) is 57.6 Å². The number of ether oxygens (including phenoxy) is 1. The summed E-state index contributed by atoms with van der Waals surface area (Å²) in [4.78, 5) is 0. The fraction of sp³-hybridized carbons (Fsp3) is 0.647. The molecule has 2 N–H and O–H groups in total. The highest BCUT2D eigenvalue weighted by molar-refractivity contribution is 9.10. The Balaban J connectivity index is 2.06. The molecule has 2 rings (SSSR count). The number of rotatable bonds is 4. The predicted molar refractivity (Wildman–Crippen MR) is 87.8 cm³/mol. The maximum absolute atomic E-state index is 6.52. The van der Waals surface area contributed by atoms with Gasteiger partial charge in [0.1, 0.15) is 0 Å². The first-order chi connectivity index (χ1) is 9.37. The minimum Gasteiger partial charge on any atom is -0.377 e. The first kappa shape index (κ1) is 16.0. The van der Waals surface area contributed by atoms with Crippen molar-refractivity contribution in [3.8, 4) is 0 Å². The van der Waals surface area contributed by atoms with E-state index in [1.165, 1.54) is 18.4 Å². The molecule has 3 heteroatoms. The Hall–Kier alpha value is -0.380. The minimum absolute atomic E-state index is 0.0600. The van der Waals surface area contributed by atoms with E-state index in [1.807, 2.05) is 7.11 Å². The molecule has 1 aromatic carbocycles. The van der Waals surface area contributed by atoms with Crippen LogP contribution in [-0.2, 0) is 11.2 Å². The van der Waals surface area contributed by atoms with Crippen LogP contribution in [0.5, 0.6) is 0 Å². The fourth-order valence-corrected chi connectivity index (χ4v) is 3.40. The number of halogens is 1. The van der Waals surface area contributed by atoms with Crippen molar-refractivity contribution in [3.05, 3.63) is 34.3 Å². The summed E-state index contributed by atoms with van der Waals surface area (Å²) in [6, 6.07) is 8.49. The largest absolute Gasteiger partial charge is 0.377 e. The van der Waals surface area contributed by atoms with Crippen LogP contribution in [0.1, 0.15) is 45.1 Å². The zero-order valence-electron chi connectivity index (χ0n) is 12.8.